The maximum atomic E-state index is 12.5. The number of nitrogens with zero attached hydrogens (tertiary/aromatic N) is 1. The van der Waals surface area contributed by atoms with Gasteiger partial charge in [0.2, 0.25) is 14.9 Å². The van der Waals surface area contributed by atoms with Crippen molar-refractivity contribution in [2.24, 2.45) is 0 Å². The number of rotatable bonds is 4. The van der Waals surface area contributed by atoms with Crippen LogP contribution in [-0.2, 0) is 9.84 Å². The number of carbonyl (C=O) groups is 1. The summed E-state index contributed by atoms with van der Waals surface area (Å²) in [6, 6.07) is 16.3. The molecule has 136 valence electrons. The van der Waals surface area contributed by atoms with Crippen LogP contribution in [-0.4, -0.2) is 19.3 Å². The van der Waals surface area contributed by atoms with E-state index in [2.05, 4.69) is 10.3 Å². The van der Waals surface area contributed by atoms with Crippen LogP contribution < -0.4 is 5.32 Å². The molecule has 4 aromatic rings. The Bertz CT molecular complexity index is 1240. The van der Waals surface area contributed by atoms with E-state index >= 15 is 0 Å². The molecule has 2 aromatic carbocycles. The SMILES string of the molecule is Cc1ccc2nc(NC(=O)c3ccc(S(=O)(=O)c4ccccc4)o3)sc2c1. The quantitative estimate of drug-likeness (QED) is 0.554. The molecular formula is C19H14N2O4S2. The number of hydrogen-bond acceptors (Lipinski definition) is 6. The van der Waals surface area contributed by atoms with Crippen molar-refractivity contribution >= 4 is 42.4 Å². The van der Waals surface area contributed by atoms with Gasteiger partial charge in [0, 0.05) is 0 Å². The van der Waals surface area contributed by atoms with Crippen LogP contribution in [0.3, 0.4) is 0 Å². The van der Waals surface area contributed by atoms with Gasteiger partial charge in [-0.05, 0) is 48.9 Å². The first-order chi connectivity index (χ1) is 12.9. The fraction of sp³-hybridized carbons (Fsp3) is 0.0526. The molecule has 0 spiro atoms. The molecule has 0 atom stereocenters. The van der Waals surface area contributed by atoms with Crippen LogP contribution in [0.5, 0.6) is 0 Å². The van der Waals surface area contributed by atoms with Crippen molar-refractivity contribution < 1.29 is 17.6 Å². The van der Waals surface area contributed by atoms with Crippen molar-refractivity contribution in [3.63, 3.8) is 0 Å². The molecule has 1 N–H and O–H groups in total. The summed E-state index contributed by atoms with van der Waals surface area (Å²) in [5.41, 5.74) is 1.89. The monoisotopic (exact) mass is 398 g/mol. The summed E-state index contributed by atoms with van der Waals surface area (Å²) in [6.07, 6.45) is 0. The van der Waals surface area contributed by atoms with Crippen LogP contribution in [0.1, 0.15) is 16.1 Å². The topological polar surface area (TPSA) is 89.3 Å². The Morgan fingerprint density at radius 1 is 1.07 bits per heavy atom. The van der Waals surface area contributed by atoms with Crippen molar-refractivity contribution in [2.45, 2.75) is 16.9 Å². The second-order valence-electron chi connectivity index (χ2n) is 5.88. The van der Waals surface area contributed by atoms with E-state index in [1.54, 1.807) is 18.2 Å². The summed E-state index contributed by atoms with van der Waals surface area (Å²) in [7, 11) is -3.81. The number of thiazole rings is 1. The Hall–Kier alpha value is -2.97. The van der Waals surface area contributed by atoms with Gasteiger partial charge in [-0.3, -0.25) is 10.1 Å². The Balaban J connectivity index is 1.58. The highest BCUT2D eigenvalue weighted by Crippen LogP contribution is 2.28. The largest absolute Gasteiger partial charge is 0.439 e. The van der Waals surface area contributed by atoms with Crippen molar-refractivity contribution in [3.05, 3.63) is 72.0 Å². The number of hydrogen-bond donors (Lipinski definition) is 1. The highest BCUT2D eigenvalue weighted by molar-refractivity contribution is 7.91. The fourth-order valence-electron chi connectivity index (χ4n) is 2.55. The van der Waals surface area contributed by atoms with E-state index in [1.807, 2.05) is 25.1 Å². The van der Waals surface area contributed by atoms with E-state index in [0.29, 0.717) is 5.13 Å². The number of nitrogens with one attached hydrogen (secondary N) is 1. The molecule has 6 nitrogen and oxygen atoms in total. The third kappa shape index (κ3) is 3.36. The summed E-state index contributed by atoms with van der Waals surface area (Å²) in [5, 5.41) is 2.79. The summed E-state index contributed by atoms with van der Waals surface area (Å²) in [5.74, 6) is -0.653. The minimum Gasteiger partial charge on any atom is -0.439 e. The number of fused-ring (bicyclic) bond motifs is 1. The van der Waals surface area contributed by atoms with E-state index in [4.69, 9.17) is 4.42 Å². The molecule has 0 aliphatic rings. The number of aryl methyl sites for hydroxylation is 1. The lowest BCUT2D eigenvalue weighted by Gasteiger charge is -2.01. The van der Waals surface area contributed by atoms with Crippen LogP contribution in [0.2, 0.25) is 0 Å². The van der Waals surface area contributed by atoms with E-state index in [-0.39, 0.29) is 15.7 Å². The van der Waals surface area contributed by atoms with Gasteiger partial charge in [-0.25, -0.2) is 13.4 Å². The summed E-state index contributed by atoms with van der Waals surface area (Å²) in [6.45, 7) is 1.98. The van der Waals surface area contributed by atoms with Crippen molar-refractivity contribution in [2.75, 3.05) is 5.32 Å². The van der Waals surface area contributed by atoms with Gasteiger partial charge in [-0.15, -0.1) is 0 Å². The highest BCUT2D eigenvalue weighted by Gasteiger charge is 2.23. The van der Waals surface area contributed by atoms with E-state index in [1.165, 1.54) is 35.6 Å². The average Bonchev–Trinajstić information content (AvgIpc) is 3.29. The maximum Gasteiger partial charge on any atom is 0.293 e. The Labute approximate surface area is 159 Å². The average molecular weight is 398 g/mol. The van der Waals surface area contributed by atoms with Gasteiger partial charge in [0.25, 0.3) is 5.91 Å². The zero-order valence-corrected chi connectivity index (χ0v) is 15.8. The van der Waals surface area contributed by atoms with Gasteiger partial charge in [-0.1, -0.05) is 35.6 Å². The molecule has 8 heteroatoms. The lowest BCUT2D eigenvalue weighted by atomic mass is 10.2. The first-order valence-corrected chi connectivity index (χ1v) is 10.3. The number of anilines is 1. The predicted octanol–water partition coefficient (Wildman–Crippen LogP) is 4.28. The first-order valence-electron chi connectivity index (χ1n) is 8.02. The lowest BCUT2D eigenvalue weighted by Crippen LogP contribution is -2.10. The first kappa shape index (κ1) is 17.4. The number of benzene rings is 2. The minimum absolute atomic E-state index is 0.0973. The molecule has 0 saturated carbocycles. The van der Waals surface area contributed by atoms with E-state index in [0.717, 1.165) is 15.8 Å². The van der Waals surface area contributed by atoms with Gasteiger partial charge in [0.15, 0.2) is 10.9 Å². The molecule has 27 heavy (non-hydrogen) atoms. The van der Waals surface area contributed by atoms with Gasteiger partial charge in [0.05, 0.1) is 15.1 Å². The molecular weight excluding hydrogens is 384 g/mol. The Kier molecular flexibility index (Phi) is 4.29. The third-order valence-electron chi connectivity index (χ3n) is 3.89. The number of sulfone groups is 1. The molecule has 4 rings (SSSR count). The predicted molar refractivity (Wildman–Crippen MR) is 103 cm³/mol. The summed E-state index contributed by atoms with van der Waals surface area (Å²) in [4.78, 5) is 16.9. The molecule has 2 heterocycles. The van der Waals surface area contributed by atoms with Crippen LogP contribution in [0.25, 0.3) is 10.2 Å². The van der Waals surface area contributed by atoms with Crippen LogP contribution in [0, 0.1) is 6.92 Å². The van der Waals surface area contributed by atoms with Crippen molar-refractivity contribution in [3.8, 4) is 0 Å². The minimum atomic E-state index is -3.81. The Morgan fingerprint density at radius 3 is 2.63 bits per heavy atom. The Morgan fingerprint density at radius 2 is 1.85 bits per heavy atom. The van der Waals surface area contributed by atoms with Gasteiger partial charge in [0.1, 0.15) is 0 Å². The number of amides is 1. The van der Waals surface area contributed by atoms with Gasteiger partial charge in [-0.2, -0.15) is 0 Å². The van der Waals surface area contributed by atoms with Crippen molar-refractivity contribution in [1.29, 1.82) is 0 Å². The van der Waals surface area contributed by atoms with Crippen LogP contribution >= 0.6 is 11.3 Å². The second kappa shape index (κ2) is 6.64. The molecule has 0 aliphatic carbocycles. The maximum absolute atomic E-state index is 12.5. The fourth-order valence-corrected chi connectivity index (χ4v) is 4.70. The highest BCUT2D eigenvalue weighted by atomic mass is 32.2. The van der Waals surface area contributed by atoms with Gasteiger partial charge < -0.3 is 4.42 Å². The molecule has 2 aromatic heterocycles. The molecule has 0 unspecified atom stereocenters. The summed E-state index contributed by atoms with van der Waals surface area (Å²) >= 11 is 1.34. The molecule has 1 amide bonds. The molecule has 0 saturated heterocycles. The molecule has 0 fully saturated rings. The standard InChI is InChI=1S/C19H14N2O4S2/c1-12-7-8-14-16(11-12)26-19(20-14)21-18(22)15-9-10-17(25-15)27(23,24)13-5-3-2-4-6-13/h2-11H,1H3,(H,20,21,22). The van der Waals surface area contributed by atoms with Gasteiger partial charge >= 0.3 is 0 Å². The van der Waals surface area contributed by atoms with E-state index in [9.17, 15) is 13.2 Å². The van der Waals surface area contributed by atoms with Crippen molar-refractivity contribution in [1.82, 2.24) is 4.98 Å². The number of furan rings is 1. The zero-order chi connectivity index (χ0) is 19.0. The normalized spacial score (nSPS) is 11.6. The summed E-state index contributed by atoms with van der Waals surface area (Å²) < 4.78 is 31.3. The second-order valence-corrected chi connectivity index (χ2v) is 8.79. The number of carbonyl (C=O) groups excluding carboxylic acids is 1. The molecule has 0 aliphatic heterocycles. The molecule has 0 bridgehead atoms. The zero-order valence-electron chi connectivity index (χ0n) is 14.2. The molecule has 0 radical (unpaired) electrons. The lowest BCUT2D eigenvalue weighted by molar-refractivity contribution is 0.0991. The smallest absolute Gasteiger partial charge is 0.293 e. The van der Waals surface area contributed by atoms with E-state index < -0.39 is 15.7 Å². The van der Waals surface area contributed by atoms with Crippen LogP contribution in [0.15, 0.2) is 75.1 Å². The number of aromatic nitrogens is 1. The third-order valence-corrected chi connectivity index (χ3v) is 6.46. The van der Waals surface area contributed by atoms with Crippen LogP contribution in [0.4, 0.5) is 5.13 Å².